The molecular weight excluding hydrogens is 280 g/mol. The van der Waals surface area contributed by atoms with Crippen molar-refractivity contribution in [2.45, 2.75) is 25.9 Å². The van der Waals surface area contributed by atoms with Crippen molar-refractivity contribution in [3.05, 3.63) is 42.0 Å². The molecule has 0 heterocycles. The average Bonchev–Trinajstić information content (AvgIpc) is 2.54. The van der Waals surface area contributed by atoms with Crippen molar-refractivity contribution < 1.29 is 14.6 Å². The highest BCUT2D eigenvalue weighted by Gasteiger charge is 2.12. The molecule has 22 heavy (non-hydrogen) atoms. The van der Waals surface area contributed by atoms with Crippen LogP contribution in [0.4, 0.5) is 0 Å². The monoisotopic (exact) mass is 302 g/mol. The van der Waals surface area contributed by atoms with E-state index < -0.39 is 5.91 Å². The number of fused-ring (bicyclic) bond motifs is 1. The van der Waals surface area contributed by atoms with Crippen LogP contribution in [0.5, 0.6) is 5.75 Å². The molecule has 4 N–H and O–H groups in total. The molecule has 118 valence electrons. The van der Waals surface area contributed by atoms with Crippen LogP contribution < -0.4 is 15.8 Å². The number of hydrogen-bond acceptors (Lipinski definition) is 4. The van der Waals surface area contributed by atoms with E-state index in [1.807, 2.05) is 43.3 Å². The number of primary amides is 1. The second-order valence-electron chi connectivity index (χ2n) is 5.19. The fraction of sp³-hybridized carbons (Fsp3) is 0.353. The first kappa shape index (κ1) is 16.3. The van der Waals surface area contributed by atoms with Gasteiger partial charge in [0.25, 0.3) is 5.91 Å². The number of nitrogens with two attached hydrogens (primary N) is 1. The van der Waals surface area contributed by atoms with Crippen molar-refractivity contribution in [3.63, 3.8) is 0 Å². The van der Waals surface area contributed by atoms with Gasteiger partial charge in [-0.25, -0.2) is 0 Å². The lowest BCUT2D eigenvalue weighted by molar-refractivity contribution is -0.119. The second-order valence-corrected chi connectivity index (χ2v) is 5.19. The number of benzene rings is 2. The summed E-state index contributed by atoms with van der Waals surface area (Å²) in [5.74, 6) is 0.131. The summed E-state index contributed by atoms with van der Waals surface area (Å²) in [6.45, 7) is 2.50. The van der Waals surface area contributed by atoms with Crippen LogP contribution in [0.2, 0.25) is 0 Å². The van der Waals surface area contributed by atoms with E-state index in [4.69, 9.17) is 10.5 Å². The highest BCUT2D eigenvalue weighted by Crippen LogP contribution is 2.28. The SMILES string of the molecule is CC[C@@H](CO)NCc1c(OCC(N)=O)ccc2ccccc12. The standard InChI is InChI=1S/C17H22N2O3/c1-2-13(10-20)19-9-15-14-6-4-3-5-12(14)7-8-16(15)22-11-17(18)21/h3-8,13,19-20H,2,9-11H2,1H3,(H2,18,21)/t13-/m0/s1. The van der Waals surface area contributed by atoms with Crippen molar-refractivity contribution >= 4 is 16.7 Å². The number of ether oxygens (including phenoxy) is 1. The van der Waals surface area contributed by atoms with Gasteiger partial charge >= 0.3 is 0 Å². The summed E-state index contributed by atoms with van der Waals surface area (Å²) in [6.07, 6.45) is 0.832. The Hall–Kier alpha value is -2.11. The zero-order valence-corrected chi connectivity index (χ0v) is 12.7. The second kappa shape index (κ2) is 7.77. The quantitative estimate of drug-likeness (QED) is 0.691. The van der Waals surface area contributed by atoms with Gasteiger partial charge in [0.2, 0.25) is 0 Å². The van der Waals surface area contributed by atoms with Crippen LogP contribution in [-0.2, 0) is 11.3 Å². The number of rotatable bonds is 8. The fourth-order valence-electron chi connectivity index (χ4n) is 2.37. The Morgan fingerprint density at radius 3 is 2.77 bits per heavy atom. The maximum Gasteiger partial charge on any atom is 0.255 e. The topological polar surface area (TPSA) is 84.6 Å². The Morgan fingerprint density at radius 1 is 1.32 bits per heavy atom. The maximum atomic E-state index is 11.0. The number of nitrogens with one attached hydrogen (secondary N) is 1. The van der Waals surface area contributed by atoms with Gasteiger partial charge in [0, 0.05) is 18.2 Å². The van der Waals surface area contributed by atoms with E-state index in [0.717, 1.165) is 22.8 Å². The maximum absolute atomic E-state index is 11.0. The van der Waals surface area contributed by atoms with Gasteiger partial charge in [-0.2, -0.15) is 0 Å². The lowest BCUT2D eigenvalue weighted by Gasteiger charge is -2.18. The summed E-state index contributed by atoms with van der Waals surface area (Å²) in [4.78, 5) is 11.0. The lowest BCUT2D eigenvalue weighted by Crippen LogP contribution is -2.31. The van der Waals surface area contributed by atoms with Crippen LogP contribution in [-0.4, -0.2) is 30.3 Å². The first-order valence-corrected chi connectivity index (χ1v) is 7.41. The van der Waals surface area contributed by atoms with Gasteiger partial charge in [-0.3, -0.25) is 4.79 Å². The molecule has 1 atom stereocenters. The van der Waals surface area contributed by atoms with Gasteiger partial charge in [-0.1, -0.05) is 37.3 Å². The van der Waals surface area contributed by atoms with E-state index in [2.05, 4.69) is 5.32 Å². The molecule has 0 unspecified atom stereocenters. The summed E-state index contributed by atoms with van der Waals surface area (Å²) in [5.41, 5.74) is 6.12. The van der Waals surface area contributed by atoms with E-state index in [1.165, 1.54) is 0 Å². The average molecular weight is 302 g/mol. The van der Waals surface area contributed by atoms with Crippen LogP contribution in [0.25, 0.3) is 10.8 Å². The smallest absolute Gasteiger partial charge is 0.255 e. The molecule has 5 heteroatoms. The Labute approximate surface area is 130 Å². The molecule has 0 spiro atoms. The number of carbonyl (C=O) groups is 1. The minimum absolute atomic E-state index is 0.0305. The summed E-state index contributed by atoms with van der Waals surface area (Å²) < 4.78 is 5.53. The van der Waals surface area contributed by atoms with Crippen LogP contribution in [0.15, 0.2) is 36.4 Å². The molecule has 0 radical (unpaired) electrons. The number of aliphatic hydroxyl groups excluding tert-OH is 1. The number of amides is 1. The predicted octanol–water partition coefficient (Wildman–Crippen LogP) is 1.56. The van der Waals surface area contributed by atoms with Gasteiger partial charge in [0.05, 0.1) is 6.61 Å². The fourth-order valence-corrected chi connectivity index (χ4v) is 2.37. The summed E-state index contributed by atoms with van der Waals surface area (Å²) in [5, 5.41) is 14.8. The highest BCUT2D eigenvalue weighted by atomic mass is 16.5. The molecule has 0 aliphatic heterocycles. The Kier molecular flexibility index (Phi) is 5.75. The first-order chi connectivity index (χ1) is 10.7. The van der Waals surface area contributed by atoms with Crippen molar-refractivity contribution in [1.82, 2.24) is 5.32 Å². The van der Waals surface area contributed by atoms with Crippen LogP contribution in [0.1, 0.15) is 18.9 Å². The molecule has 0 fully saturated rings. The molecule has 0 aliphatic carbocycles. The summed E-state index contributed by atoms with van der Waals surface area (Å²) in [7, 11) is 0. The normalized spacial score (nSPS) is 12.3. The first-order valence-electron chi connectivity index (χ1n) is 7.41. The van der Waals surface area contributed by atoms with Crippen molar-refractivity contribution in [2.24, 2.45) is 5.73 Å². The Morgan fingerprint density at radius 2 is 2.09 bits per heavy atom. The minimum atomic E-state index is -0.506. The zero-order valence-electron chi connectivity index (χ0n) is 12.7. The van der Waals surface area contributed by atoms with Gasteiger partial charge in [0.1, 0.15) is 5.75 Å². The van der Waals surface area contributed by atoms with Gasteiger partial charge in [-0.05, 0) is 23.3 Å². The van der Waals surface area contributed by atoms with Crippen LogP contribution in [0.3, 0.4) is 0 Å². The highest BCUT2D eigenvalue weighted by molar-refractivity contribution is 5.88. The van der Waals surface area contributed by atoms with Crippen molar-refractivity contribution in [2.75, 3.05) is 13.2 Å². The molecule has 2 rings (SSSR count). The van der Waals surface area contributed by atoms with E-state index >= 15 is 0 Å². The molecule has 0 saturated heterocycles. The van der Waals surface area contributed by atoms with E-state index in [1.54, 1.807) is 0 Å². The molecular formula is C17H22N2O3. The predicted molar refractivity (Wildman–Crippen MR) is 86.6 cm³/mol. The molecule has 2 aromatic carbocycles. The van der Waals surface area contributed by atoms with Crippen molar-refractivity contribution in [1.29, 1.82) is 0 Å². The molecule has 0 saturated carbocycles. The number of hydrogen-bond donors (Lipinski definition) is 3. The number of aliphatic hydroxyl groups is 1. The molecule has 2 aromatic rings. The third kappa shape index (κ3) is 3.96. The van der Waals surface area contributed by atoms with Gasteiger partial charge < -0.3 is 20.9 Å². The molecule has 5 nitrogen and oxygen atoms in total. The van der Waals surface area contributed by atoms with E-state index in [-0.39, 0.29) is 19.3 Å². The summed E-state index contributed by atoms with van der Waals surface area (Å²) >= 11 is 0. The third-order valence-electron chi connectivity index (χ3n) is 3.65. The Balaban J connectivity index is 2.32. The van der Waals surface area contributed by atoms with Crippen LogP contribution >= 0.6 is 0 Å². The largest absolute Gasteiger partial charge is 0.483 e. The number of carbonyl (C=O) groups excluding carboxylic acids is 1. The Bertz CT molecular complexity index is 639. The summed E-state index contributed by atoms with van der Waals surface area (Å²) in [6, 6.07) is 11.8. The minimum Gasteiger partial charge on any atom is -0.483 e. The molecule has 0 bridgehead atoms. The van der Waals surface area contributed by atoms with E-state index in [9.17, 15) is 9.90 Å². The van der Waals surface area contributed by atoms with Crippen LogP contribution in [0, 0.1) is 0 Å². The third-order valence-corrected chi connectivity index (χ3v) is 3.65. The lowest BCUT2D eigenvalue weighted by atomic mass is 10.0. The molecule has 1 amide bonds. The van der Waals surface area contributed by atoms with Gasteiger partial charge in [0.15, 0.2) is 6.61 Å². The molecule has 0 aromatic heterocycles. The molecule has 0 aliphatic rings. The zero-order chi connectivity index (χ0) is 15.9. The van der Waals surface area contributed by atoms with E-state index in [0.29, 0.717) is 12.3 Å². The van der Waals surface area contributed by atoms with Crippen molar-refractivity contribution in [3.8, 4) is 5.75 Å². The van der Waals surface area contributed by atoms with Gasteiger partial charge in [-0.15, -0.1) is 0 Å².